The van der Waals surface area contributed by atoms with Gasteiger partial charge in [-0.05, 0) is 31.5 Å². The molecule has 0 saturated carbocycles. The summed E-state index contributed by atoms with van der Waals surface area (Å²) in [6.45, 7) is 8.01. The molecule has 1 aromatic heterocycles. The van der Waals surface area contributed by atoms with Crippen molar-refractivity contribution >= 4 is 12.0 Å². The van der Waals surface area contributed by atoms with E-state index < -0.39 is 0 Å². The number of phenolic OH excluding ortho intramolecular Hbond substituents is 1. The van der Waals surface area contributed by atoms with Crippen molar-refractivity contribution in [2.24, 2.45) is 0 Å². The van der Waals surface area contributed by atoms with Crippen LogP contribution in [0.25, 0.3) is 6.08 Å². The van der Waals surface area contributed by atoms with Crippen molar-refractivity contribution < 1.29 is 23.9 Å². The third kappa shape index (κ3) is 6.28. The first-order valence-corrected chi connectivity index (χ1v) is 10.3. The molecule has 1 unspecified atom stereocenters. The molecule has 1 N–H and O–H groups in total. The Hall–Kier alpha value is -2.91. The monoisotopic (exact) mass is 430 g/mol. The molecular formula is C22H30N4O5. The summed E-state index contributed by atoms with van der Waals surface area (Å²) in [4.78, 5) is 20.8. The lowest BCUT2D eigenvalue weighted by Gasteiger charge is -2.27. The molecule has 0 spiro atoms. The number of ether oxygens (including phenoxy) is 2. The number of hydrogen-bond donors (Lipinski definition) is 1. The maximum atomic E-state index is 12.8. The Morgan fingerprint density at radius 3 is 2.84 bits per heavy atom. The van der Waals surface area contributed by atoms with Crippen LogP contribution >= 0.6 is 0 Å². The van der Waals surface area contributed by atoms with Crippen LogP contribution in [0, 0.1) is 6.92 Å². The maximum absolute atomic E-state index is 12.8. The van der Waals surface area contributed by atoms with E-state index in [1.54, 1.807) is 25.1 Å². The van der Waals surface area contributed by atoms with Gasteiger partial charge in [0.25, 0.3) is 0 Å². The minimum Gasteiger partial charge on any atom is -0.504 e. The normalized spacial score (nSPS) is 18.2. The molecule has 1 amide bonds. The van der Waals surface area contributed by atoms with Gasteiger partial charge in [0.15, 0.2) is 17.3 Å². The molecule has 1 fully saturated rings. The van der Waals surface area contributed by atoms with E-state index in [-0.39, 0.29) is 30.4 Å². The summed E-state index contributed by atoms with van der Waals surface area (Å²) >= 11 is 0. The highest BCUT2D eigenvalue weighted by atomic mass is 16.5. The SMILES string of the molecule is COc1cc(/C=C/CN2CC(=O)N(C(C)C)CC(OCc3noc(C)n3)C2)ccc1O. The van der Waals surface area contributed by atoms with E-state index in [0.717, 1.165) is 5.56 Å². The van der Waals surface area contributed by atoms with E-state index in [0.29, 0.717) is 43.6 Å². The Kier molecular flexibility index (Phi) is 7.64. The fourth-order valence-corrected chi connectivity index (χ4v) is 3.48. The van der Waals surface area contributed by atoms with E-state index in [2.05, 4.69) is 15.0 Å². The first-order chi connectivity index (χ1) is 14.9. The second-order valence-electron chi connectivity index (χ2n) is 7.83. The minimum atomic E-state index is -0.171. The highest BCUT2D eigenvalue weighted by molar-refractivity contribution is 5.79. The first-order valence-electron chi connectivity index (χ1n) is 10.3. The maximum Gasteiger partial charge on any atom is 0.237 e. The van der Waals surface area contributed by atoms with Gasteiger partial charge in [-0.3, -0.25) is 9.69 Å². The summed E-state index contributed by atoms with van der Waals surface area (Å²) in [6, 6.07) is 5.25. The molecule has 0 aliphatic carbocycles. The van der Waals surface area contributed by atoms with Crippen LogP contribution in [0.2, 0.25) is 0 Å². The topological polar surface area (TPSA) is 101 Å². The van der Waals surface area contributed by atoms with Crippen LogP contribution in [0.3, 0.4) is 0 Å². The van der Waals surface area contributed by atoms with Gasteiger partial charge in [0.1, 0.15) is 6.61 Å². The predicted octanol–water partition coefficient (Wildman–Crippen LogP) is 2.24. The Morgan fingerprint density at radius 2 is 2.16 bits per heavy atom. The fraction of sp³-hybridized carbons (Fsp3) is 0.500. The lowest BCUT2D eigenvalue weighted by molar-refractivity contribution is -0.133. The summed E-state index contributed by atoms with van der Waals surface area (Å²) in [5, 5.41) is 13.6. The van der Waals surface area contributed by atoms with Crippen LogP contribution in [-0.2, 0) is 16.1 Å². The third-order valence-corrected chi connectivity index (χ3v) is 5.06. The molecule has 0 bridgehead atoms. The van der Waals surface area contributed by atoms with Crippen LogP contribution in [0.1, 0.15) is 31.1 Å². The van der Waals surface area contributed by atoms with Crippen molar-refractivity contribution in [3.8, 4) is 11.5 Å². The Morgan fingerprint density at radius 1 is 1.35 bits per heavy atom. The van der Waals surface area contributed by atoms with Crippen LogP contribution in [-0.4, -0.2) is 76.4 Å². The van der Waals surface area contributed by atoms with Gasteiger partial charge in [-0.1, -0.05) is 23.4 Å². The van der Waals surface area contributed by atoms with Gasteiger partial charge in [0, 0.05) is 32.6 Å². The average Bonchev–Trinajstić information content (AvgIpc) is 3.07. The number of benzene rings is 1. The van der Waals surface area contributed by atoms with Gasteiger partial charge >= 0.3 is 0 Å². The van der Waals surface area contributed by atoms with E-state index in [1.165, 1.54) is 7.11 Å². The lowest BCUT2D eigenvalue weighted by atomic mass is 10.2. The van der Waals surface area contributed by atoms with E-state index in [1.807, 2.05) is 30.9 Å². The van der Waals surface area contributed by atoms with Crippen LogP contribution in [0.4, 0.5) is 0 Å². The minimum absolute atomic E-state index is 0.0798. The first kappa shape index (κ1) is 22.8. The Balaban J connectivity index is 1.65. The molecule has 1 saturated heterocycles. The van der Waals surface area contributed by atoms with Gasteiger partial charge in [-0.2, -0.15) is 4.98 Å². The molecule has 168 valence electrons. The van der Waals surface area contributed by atoms with Crippen LogP contribution in [0.15, 0.2) is 28.8 Å². The average molecular weight is 431 g/mol. The summed E-state index contributed by atoms with van der Waals surface area (Å²) in [5.74, 6) is 1.59. The molecule has 0 radical (unpaired) electrons. The number of aromatic nitrogens is 2. The van der Waals surface area contributed by atoms with Crippen molar-refractivity contribution in [3.63, 3.8) is 0 Å². The van der Waals surface area contributed by atoms with Gasteiger partial charge < -0.3 is 24.0 Å². The molecule has 9 heteroatoms. The molecule has 1 aliphatic heterocycles. The molecule has 1 aliphatic rings. The highest BCUT2D eigenvalue weighted by Crippen LogP contribution is 2.26. The van der Waals surface area contributed by atoms with Crippen molar-refractivity contribution in [3.05, 3.63) is 41.6 Å². The molecule has 31 heavy (non-hydrogen) atoms. The van der Waals surface area contributed by atoms with Crippen LogP contribution in [0.5, 0.6) is 11.5 Å². The molecular weight excluding hydrogens is 400 g/mol. The number of nitrogens with zero attached hydrogens (tertiary/aromatic N) is 4. The standard InChI is InChI=1S/C22H30N4O5/c1-15(2)26-12-18(30-14-21-23-16(3)31-24-21)11-25(13-22(26)28)9-5-6-17-7-8-19(27)20(10-17)29-4/h5-8,10,15,18,27H,9,11-14H2,1-4H3/b6-5+. The van der Waals surface area contributed by atoms with Gasteiger partial charge in [0.2, 0.25) is 11.8 Å². The van der Waals surface area contributed by atoms with Crippen molar-refractivity contribution in [2.45, 2.75) is 39.5 Å². The van der Waals surface area contributed by atoms with Gasteiger partial charge in [0.05, 0.1) is 19.8 Å². The number of hydrogen-bond acceptors (Lipinski definition) is 8. The smallest absolute Gasteiger partial charge is 0.237 e. The zero-order chi connectivity index (χ0) is 22.4. The van der Waals surface area contributed by atoms with Gasteiger partial charge in [-0.15, -0.1) is 0 Å². The molecule has 2 aromatic rings. The number of carbonyl (C=O) groups is 1. The quantitative estimate of drug-likeness (QED) is 0.681. The summed E-state index contributed by atoms with van der Waals surface area (Å²) in [7, 11) is 1.52. The fourth-order valence-electron chi connectivity index (χ4n) is 3.48. The lowest BCUT2D eigenvalue weighted by Crippen LogP contribution is -2.42. The number of carbonyl (C=O) groups excluding carboxylic acids is 1. The molecule has 9 nitrogen and oxygen atoms in total. The molecule has 3 rings (SSSR count). The summed E-state index contributed by atoms with van der Waals surface area (Å²) in [5.41, 5.74) is 0.903. The third-order valence-electron chi connectivity index (χ3n) is 5.06. The molecule has 1 aromatic carbocycles. The Labute approximate surface area is 182 Å². The van der Waals surface area contributed by atoms with Crippen molar-refractivity contribution in [1.82, 2.24) is 19.9 Å². The Bertz CT molecular complexity index is 911. The second-order valence-corrected chi connectivity index (χ2v) is 7.83. The number of phenols is 1. The van der Waals surface area contributed by atoms with Gasteiger partial charge in [-0.25, -0.2) is 0 Å². The molecule has 2 heterocycles. The predicted molar refractivity (Wildman–Crippen MR) is 115 cm³/mol. The van der Waals surface area contributed by atoms with Crippen LogP contribution < -0.4 is 4.74 Å². The number of aryl methyl sites for hydroxylation is 1. The zero-order valence-corrected chi connectivity index (χ0v) is 18.4. The van der Waals surface area contributed by atoms with E-state index in [9.17, 15) is 9.90 Å². The number of aromatic hydroxyl groups is 1. The molecule has 1 atom stereocenters. The highest BCUT2D eigenvalue weighted by Gasteiger charge is 2.29. The van der Waals surface area contributed by atoms with E-state index in [4.69, 9.17) is 14.0 Å². The van der Waals surface area contributed by atoms with E-state index >= 15 is 0 Å². The number of rotatable bonds is 8. The number of methoxy groups -OCH3 is 1. The zero-order valence-electron chi connectivity index (χ0n) is 18.4. The summed E-state index contributed by atoms with van der Waals surface area (Å²) in [6.07, 6.45) is 3.76. The van der Waals surface area contributed by atoms with Crippen molar-refractivity contribution in [1.29, 1.82) is 0 Å². The van der Waals surface area contributed by atoms with Crippen molar-refractivity contribution in [2.75, 3.05) is 33.3 Å². The summed E-state index contributed by atoms with van der Waals surface area (Å²) < 4.78 is 16.2. The largest absolute Gasteiger partial charge is 0.504 e. The second kappa shape index (κ2) is 10.4. The number of amides is 1.